The third-order valence-corrected chi connectivity index (χ3v) is 3.87. The molecular weight excluding hydrogens is 266 g/mol. The number of benzene rings is 1. The number of nitrogens with one attached hydrogen (secondary N) is 1. The summed E-state index contributed by atoms with van der Waals surface area (Å²) in [6.07, 6.45) is 4.83. The van der Waals surface area contributed by atoms with Crippen LogP contribution in [0.25, 0.3) is 0 Å². The van der Waals surface area contributed by atoms with Gasteiger partial charge in [0.25, 0.3) is 11.5 Å². The molecule has 0 aliphatic heterocycles. The Labute approximate surface area is 122 Å². The average Bonchev–Trinajstić information content (AvgIpc) is 2.89. The van der Waals surface area contributed by atoms with Gasteiger partial charge in [0.1, 0.15) is 0 Å². The summed E-state index contributed by atoms with van der Waals surface area (Å²) in [5, 5.41) is 3.14. The van der Waals surface area contributed by atoms with Crippen molar-refractivity contribution in [3.05, 3.63) is 57.5 Å². The van der Waals surface area contributed by atoms with Crippen LogP contribution >= 0.6 is 0 Å². The fourth-order valence-corrected chi connectivity index (χ4v) is 2.73. The lowest BCUT2D eigenvalue weighted by Gasteiger charge is -2.12. The fraction of sp³-hybridized carbons (Fsp3) is 0.250. The fourth-order valence-electron chi connectivity index (χ4n) is 2.73. The van der Waals surface area contributed by atoms with Gasteiger partial charge in [-0.3, -0.25) is 9.59 Å². The number of anilines is 2. The van der Waals surface area contributed by atoms with E-state index in [0.29, 0.717) is 11.3 Å². The summed E-state index contributed by atoms with van der Waals surface area (Å²) in [6, 6.07) is 7.53. The second-order valence-electron chi connectivity index (χ2n) is 5.38. The van der Waals surface area contributed by atoms with E-state index in [1.54, 1.807) is 7.05 Å². The maximum absolute atomic E-state index is 11.8. The first-order valence-corrected chi connectivity index (χ1v) is 6.94. The predicted octanol–water partition coefficient (Wildman–Crippen LogP) is 1.72. The largest absolute Gasteiger partial charge is 0.365 e. The number of aryl methyl sites for hydroxylation is 3. The van der Waals surface area contributed by atoms with E-state index in [1.165, 1.54) is 34.4 Å². The van der Waals surface area contributed by atoms with Crippen LogP contribution in [-0.4, -0.2) is 10.5 Å². The summed E-state index contributed by atoms with van der Waals surface area (Å²) in [4.78, 5) is 23.3. The normalized spacial score (nSPS) is 13.0. The molecule has 1 aliphatic rings. The van der Waals surface area contributed by atoms with Crippen LogP contribution in [-0.2, 0) is 19.9 Å². The molecule has 0 saturated carbocycles. The van der Waals surface area contributed by atoms with Gasteiger partial charge in [0.15, 0.2) is 0 Å². The van der Waals surface area contributed by atoms with E-state index in [4.69, 9.17) is 5.73 Å². The molecular formula is C16H17N3O2. The monoisotopic (exact) mass is 283 g/mol. The molecule has 108 valence electrons. The number of amides is 1. The molecule has 0 fully saturated rings. The molecule has 0 unspecified atom stereocenters. The zero-order chi connectivity index (χ0) is 15.0. The van der Waals surface area contributed by atoms with Crippen molar-refractivity contribution < 1.29 is 4.79 Å². The second kappa shape index (κ2) is 5.09. The topological polar surface area (TPSA) is 77.1 Å². The van der Waals surface area contributed by atoms with Gasteiger partial charge in [0, 0.05) is 25.0 Å². The molecule has 1 heterocycles. The van der Waals surface area contributed by atoms with E-state index >= 15 is 0 Å². The molecule has 3 rings (SSSR count). The third kappa shape index (κ3) is 2.54. The van der Waals surface area contributed by atoms with E-state index in [-0.39, 0.29) is 5.56 Å². The summed E-state index contributed by atoms with van der Waals surface area (Å²) >= 11 is 0. The molecule has 21 heavy (non-hydrogen) atoms. The Morgan fingerprint density at radius 2 is 2.00 bits per heavy atom. The van der Waals surface area contributed by atoms with Crippen molar-refractivity contribution in [1.29, 1.82) is 0 Å². The van der Waals surface area contributed by atoms with Crippen LogP contribution in [0, 0.1) is 0 Å². The van der Waals surface area contributed by atoms with Crippen LogP contribution in [0.4, 0.5) is 11.4 Å². The lowest BCUT2D eigenvalue weighted by atomic mass is 10.1. The Balaban J connectivity index is 1.99. The molecule has 1 aromatic carbocycles. The van der Waals surface area contributed by atoms with Gasteiger partial charge in [-0.15, -0.1) is 0 Å². The van der Waals surface area contributed by atoms with Gasteiger partial charge in [0.2, 0.25) is 0 Å². The van der Waals surface area contributed by atoms with Crippen molar-refractivity contribution in [2.75, 3.05) is 5.32 Å². The van der Waals surface area contributed by atoms with Crippen LogP contribution in [0.2, 0.25) is 0 Å². The highest BCUT2D eigenvalue weighted by Gasteiger charge is 2.13. The molecule has 1 aliphatic carbocycles. The minimum Gasteiger partial charge on any atom is -0.365 e. The minimum absolute atomic E-state index is 0.191. The SMILES string of the molecule is Cn1cc(C(N)=O)c(Nc2ccc3c(c2)CCC3)cc1=O. The molecule has 0 spiro atoms. The number of primary amides is 1. The predicted molar refractivity (Wildman–Crippen MR) is 82.0 cm³/mol. The number of carbonyl (C=O) groups is 1. The smallest absolute Gasteiger partial charge is 0.252 e. The first-order valence-electron chi connectivity index (χ1n) is 6.94. The van der Waals surface area contributed by atoms with Gasteiger partial charge in [-0.25, -0.2) is 0 Å². The average molecular weight is 283 g/mol. The maximum atomic E-state index is 11.8. The Hall–Kier alpha value is -2.56. The van der Waals surface area contributed by atoms with Gasteiger partial charge < -0.3 is 15.6 Å². The molecule has 2 aromatic rings. The third-order valence-electron chi connectivity index (χ3n) is 3.87. The van der Waals surface area contributed by atoms with Gasteiger partial charge >= 0.3 is 0 Å². The molecule has 1 amide bonds. The molecule has 3 N–H and O–H groups in total. The van der Waals surface area contributed by atoms with Crippen LogP contribution in [0.3, 0.4) is 0 Å². The lowest BCUT2D eigenvalue weighted by molar-refractivity contribution is 0.100. The lowest BCUT2D eigenvalue weighted by Crippen LogP contribution is -2.22. The van der Waals surface area contributed by atoms with E-state index in [0.717, 1.165) is 18.5 Å². The number of rotatable bonds is 3. The van der Waals surface area contributed by atoms with E-state index in [1.807, 2.05) is 6.07 Å². The molecule has 5 heteroatoms. The Morgan fingerprint density at radius 3 is 2.76 bits per heavy atom. The molecule has 0 bridgehead atoms. The van der Waals surface area contributed by atoms with Crippen LogP contribution in [0.5, 0.6) is 0 Å². The number of fused-ring (bicyclic) bond motifs is 1. The Kier molecular flexibility index (Phi) is 3.25. The number of nitrogens with two attached hydrogens (primary N) is 1. The standard InChI is InChI=1S/C16H17N3O2/c1-19-9-13(16(17)21)14(8-15(19)20)18-12-6-5-10-3-2-4-11(10)7-12/h5-9,18H,2-4H2,1H3,(H2,17,21). The van der Waals surface area contributed by atoms with Gasteiger partial charge in [-0.1, -0.05) is 6.07 Å². The van der Waals surface area contributed by atoms with Crippen molar-refractivity contribution in [1.82, 2.24) is 4.57 Å². The van der Waals surface area contributed by atoms with Crippen molar-refractivity contribution in [2.45, 2.75) is 19.3 Å². The van der Waals surface area contributed by atoms with Gasteiger partial charge in [-0.2, -0.15) is 0 Å². The highest BCUT2D eigenvalue weighted by atomic mass is 16.1. The zero-order valence-corrected chi connectivity index (χ0v) is 11.8. The number of aromatic nitrogens is 1. The highest BCUT2D eigenvalue weighted by Crippen LogP contribution is 2.27. The first-order chi connectivity index (χ1) is 10.0. The van der Waals surface area contributed by atoms with Crippen LogP contribution in [0.15, 0.2) is 35.3 Å². The van der Waals surface area contributed by atoms with Crippen LogP contribution in [0.1, 0.15) is 27.9 Å². The number of hydrogen-bond acceptors (Lipinski definition) is 3. The maximum Gasteiger partial charge on any atom is 0.252 e. The number of pyridine rings is 1. The first kappa shape index (κ1) is 13.4. The van der Waals surface area contributed by atoms with E-state index in [2.05, 4.69) is 17.4 Å². The Bertz CT molecular complexity index is 778. The summed E-state index contributed by atoms with van der Waals surface area (Å²) in [6.45, 7) is 0. The molecule has 0 radical (unpaired) electrons. The summed E-state index contributed by atoms with van der Waals surface area (Å²) < 4.78 is 1.34. The summed E-state index contributed by atoms with van der Waals surface area (Å²) in [5.41, 5.74) is 9.51. The number of hydrogen-bond donors (Lipinski definition) is 2. The van der Waals surface area contributed by atoms with Crippen molar-refractivity contribution >= 4 is 17.3 Å². The van der Waals surface area contributed by atoms with Gasteiger partial charge in [-0.05, 0) is 42.5 Å². The molecule has 0 atom stereocenters. The summed E-state index contributed by atoms with van der Waals surface area (Å²) in [5.74, 6) is -0.561. The minimum atomic E-state index is -0.561. The van der Waals surface area contributed by atoms with Crippen molar-refractivity contribution in [2.24, 2.45) is 12.8 Å². The van der Waals surface area contributed by atoms with Crippen molar-refractivity contribution in [3.8, 4) is 0 Å². The van der Waals surface area contributed by atoms with E-state index < -0.39 is 5.91 Å². The zero-order valence-electron chi connectivity index (χ0n) is 11.8. The van der Waals surface area contributed by atoms with Crippen LogP contribution < -0.4 is 16.6 Å². The molecule has 5 nitrogen and oxygen atoms in total. The quantitative estimate of drug-likeness (QED) is 0.900. The van der Waals surface area contributed by atoms with Gasteiger partial charge in [0.05, 0.1) is 11.3 Å². The Morgan fingerprint density at radius 1 is 1.24 bits per heavy atom. The number of nitrogens with zero attached hydrogens (tertiary/aromatic N) is 1. The second-order valence-corrected chi connectivity index (χ2v) is 5.38. The van der Waals surface area contributed by atoms with E-state index in [9.17, 15) is 9.59 Å². The summed E-state index contributed by atoms with van der Waals surface area (Å²) in [7, 11) is 1.59. The number of carbonyl (C=O) groups excluding carboxylic acids is 1. The highest BCUT2D eigenvalue weighted by molar-refractivity contribution is 5.98. The molecule has 0 saturated heterocycles. The van der Waals surface area contributed by atoms with Crippen molar-refractivity contribution in [3.63, 3.8) is 0 Å². The molecule has 1 aromatic heterocycles.